The Morgan fingerprint density at radius 1 is 0.960 bits per heavy atom. The van der Waals surface area contributed by atoms with Crippen molar-refractivity contribution in [1.82, 2.24) is 14.5 Å². The third kappa shape index (κ3) is 3.10. The number of nitrogens with one attached hydrogen (secondary N) is 1. The predicted octanol–water partition coefficient (Wildman–Crippen LogP) is 2.01. The zero-order valence-electron chi connectivity index (χ0n) is 14.4. The van der Waals surface area contributed by atoms with Crippen LogP contribution in [0.2, 0.25) is 0 Å². The molecule has 1 aromatic heterocycles. The Hall–Kier alpha value is -3.15. The minimum Gasteiger partial charge on any atom is -0.348 e. The lowest BCUT2D eigenvalue weighted by molar-refractivity contribution is 0.0951. The number of imidazole rings is 1. The molecule has 25 heavy (non-hydrogen) atoms. The lowest BCUT2D eigenvalue weighted by atomic mass is 10.1. The maximum Gasteiger partial charge on any atom is 0.328 e. The van der Waals surface area contributed by atoms with Crippen molar-refractivity contribution < 1.29 is 9.59 Å². The third-order valence-corrected chi connectivity index (χ3v) is 4.32. The van der Waals surface area contributed by atoms with Gasteiger partial charge < -0.3 is 5.32 Å². The second-order valence-electron chi connectivity index (χ2n) is 6.04. The Kier molecular flexibility index (Phi) is 4.27. The van der Waals surface area contributed by atoms with Crippen LogP contribution >= 0.6 is 0 Å². The Morgan fingerprint density at radius 2 is 1.64 bits per heavy atom. The molecule has 6 nitrogen and oxygen atoms in total. The van der Waals surface area contributed by atoms with Gasteiger partial charge in [0.1, 0.15) is 0 Å². The van der Waals surface area contributed by atoms with Crippen molar-refractivity contribution in [2.24, 2.45) is 14.1 Å². The van der Waals surface area contributed by atoms with Gasteiger partial charge in [0.2, 0.25) is 0 Å². The quantitative estimate of drug-likeness (QED) is 0.740. The van der Waals surface area contributed by atoms with E-state index in [9.17, 15) is 14.4 Å². The van der Waals surface area contributed by atoms with Crippen molar-refractivity contribution >= 4 is 22.7 Å². The Balaban J connectivity index is 1.79. The van der Waals surface area contributed by atoms with Crippen LogP contribution in [0.1, 0.15) is 33.2 Å². The topological polar surface area (TPSA) is 73.1 Å². The minimum absolute atomic E-state index is 0.0786. The van der Waals surface area contributed by atoms with E-state index in [4.69, 9.17) is 0 Å². The number of nitrogens with zero attached hydrogens (tertiary/aromatic N) is 2. The van der Waals surface area contributed by atoms with E-state index < -0.39 is 0 Å². The maximum atomic E-state index is 12.3. The van der Waals surface area contributed by atoms with E-state index in [0.29, 0.717) is 17.7 Å². The highest BCUT2D eigenvalue weighted by Gasteiger charge is 2.10. The molecule has 1 amide bonds. The fraction of sp³-hybridized carbons (Fsp3) is 0.211. The molecule has 0 aliphatic rings. The molecular formula is C19H19N3O3. The number of amides is 1. The van der Waals surface area contributed by atoms with Crippen molar-refractivity contribution in [2.45, 2.75) is 13.5 Å². The van der Waals surface area contributed by atoms with E-state index in [2.05, 4.69) is 5.32 Å². The molecule has 0 unspecified atom stereocenters. The van der Waals surface area contributed by atoms with Crippen LogP contribution in [0.3, 0.4) is 0 Å². The first-order chi connectivity index (χ1) is 11.9. The summed E-state index contributed by atoms with van der Waals surface area (Å²) >= 11 is 0. The van der Waals surface area contributed by atoms with E-state index in [1.54, 1.807) is 47.5 Å². The number of Topliss-reactive ketones (excluding diaryl/α,β-unsaturated/α-hetero) is 1. The molecule has 0 bridgehead atoms. The summed E-state index contributed by atoms with van der Waals surface area (Å²) in [4.78, 5) is 35.7. The normalized spacial score (nSPS) is 10.8. The molecule has 0 fully saturated rings. The van der Waals surface area contributed by atoms with Gasteiger partial charge in [0.25, 0.3) is 5.91 Å². The maximum absolute atomic E-state index is 12.3. The Labute approximate surface area is 144 Å². The lowest BCUT2D eigenvalue weighted by Gasteiger charge is -2.07. The highest BCUT2D eigenvalue weighted by Crippen LogP contribution is 2.14. The third-order valence-electron chi connectivity index (χ3n) is 4.32. The molecular weight excluding hydrogens is 318 g/mol. The minimum atomic E-state index is -0.245. The van der Waals surface area contributed by atoms with Crippen LogP contribution in [0.15, 0.2) is 47.3 Å². The molecule has 1 heterocycles. The number of fused-ring (bicyclic) bond motifs is 1. The van der Waals surface area contributed by atoms with Crippen molar-refractivity contribution in [3.63, 3.8) is 0 Å². The molecule has 3 aromatic rings. The zero-order chi connectivity index (χ0) is 18.1. The number of carbonyl (C=O) groups is 2. The van der Waals surface area contributed by atoms with E-state index in [1.807, 2.05) is 18.2 Å². The SMILES string of the molecule is CC(=O)c1cccc(C(=O)NCc2ccc3c(c2)n(C)c(=O)n3C)c1. The fourth-order valence-corrected chi connectivity index (χ4v) is 2.83. The number of aromatic nitrogens is 2. The standard InChI is InChI=1S/C19H19N3O3/c1-12(23)14-5-4-6-15(10-14)18(24)20-11-13-7-8-16-17(9-13)22(3)19(25)21(16)2/h4-10H,11H2,1-3H3,(H,20,24). The first kappa shape index (κ1) is 16.7. The summed E-state index contributed by atoms with van der Waals surface area (Å²) in [6.45, 7) is 1.80. The predicted molar refractivity (Wildman–Crippen MR) is 95.8 cm³/mol. The van der Waals surface area contributed by atoms with Crippen LogP contribution < -0.4 is 11.0 Å². The summed E-state index contributed by atoms with van der Waals surface area (Å²) in [6.07, 6.45) is 0. The number of benzene rings is 2. The van der Waals surface area contributed by atoms with Crippen LogP contribution in [-0.2, 0) is 20.6 Å². The number of hydrogen-bond donors (Lipinski definition) is 1. The van der Waals surface area contributed by atoms with Gasteiger partial charge in [0.15, 0.2) is 5.78 Å². The summed E-state index contributed by atoms with van der Waals surface area (Å²) in [6, 6.07) is 12.3. The molecule has 0 spiro atoms. The van der Waals surface area contributed by atoms with Crippen molar-refractivity contribution in [3.05, 3.63) is 69.6 Å². The number of ketones is 1. The van der Waals surface area contributed by atoms with Crippen molar-refractivity contribution in [1.29, 1.82) is 0 Å². The summed E-state index contributed by atoms with van der Waals surface area (Å²) < 4.78 is 3.17. The van der Waals surface area contributed by atoms with E-state index in [1.165, 1.54) is 6.92 Å². The monoisotopic (exact) mass is 337 g/mol. The van der Waals surface area contributed by atoms with Gasteiger partial charge in [-0.3, -0.25) is 18.7 Å². The Bertz CT molecular complexity index is 1040. The van der Waals surface area contributed by atoms with Crippen molar-refractivity contribution in [3.8, 4) is 0 Å². The number of rotatable bonds is 4. The van der Waals surface area contributed by atoms with Gasteiger partial charge >= 0.3 is 5.69 Å². The van der Waals surface area contributed by atoms with E-state index in [-0.39, 0.29) is 17.4 Å². The second-order valence-corrected chi connectivity index (χ2v) is 6.04. The van der Waals surface area contributed by atoms with Gasteiger partial charge in [0, 0.05) is 31.8 Å². The molecule has 1 N–H and O–H groups in total. The molecule has 6 heteroatoms. The zero-order valence-corrected chi connectivity index (χ0v) is 14.4. The van der Waals surface area contributed by atoms with Gasteiger partial charge in [-0.1, -0.05) is 18.2 Å². The molecule has 0 saturated heterocycles. The average molecular weight is 337 g/mol. The van der Waals surface area contributed by atoms with E-state index >= 15 is 0 Å². The molecule has 0 saturated carbocycles. The first-order valence-corrected chi connectivity index (χ1v) is 7.92. The molecule has 0 atom stereocenters. The summed E-state index contributed by atoms with van der Waals surface area (Å²) in [5.74, 6) is -0.324. The molecule has 0 aliphatic heterocycles. The molecule has 0 aliphatic carbocycles. The molecule has 128 valence electrons. The Morgan fingerprint density at radius 3 is 2.36 bits per heavy atom. The van der Waals surface area contributed by atoms with E-state index in [0.717, 1.165) is 16.6 Å². The average Bonchev–Trinajstić information content (AvgIpc) is 2.84. The van der Waals surface area contributed by atoms with Crippen LogP contribution in [0.25, 0.3) is 11.0 Å². The van der Waals surface area contributed by atoms with Gasteiger partial charge in [0.05, 0.1) is 11.0 Å². The largest absolute Gasteiger partial charge is 0.348 e. The lowest BCUT2D eigenvalue weighted by Crippen LogP contribution is -2.23. The van der Waals surface area contributed by atoms with Crippen LogP contribution in [0.5, 0.6) is 0 Å². The summed E-state index contributed by atoms with van der Waals surface area (Å²) in [7, 11) is 3.45. The second kappa shape index (κ2) is 6.39. The van der Waals surface area contributed by atoms with Crippen LogP contribution in [0, 0.1) is 0 Å². The number of carbonyl (C=O) groups excluding carboxylic acids is 2. The molecule has 2 aromatic carbocycles. The number of aryl methyl sites for hydroxylation is 2. The smallest absolute Gasteiger partial charge is 0.328 e. The van der Waals surface area contributed by atoms with Crippen molar-refractivity contribution in [2.75, 3.05) is 0 Å². The number of hydrogen-bond acceptors (Lipinski definition) is 3. The first-order valence-electron chi connectivity index (χ1n) is 7.92. The highest BCUT2D eigenvalue weighted by atomic mass is 16.2. The summed E-state index contributed by atoms with van der Waals surface area (Å²) in [5.41, 5.74) is 3.42. The van der Waals surface area contributed by atoms with Gasteiger partial charge in [-0.05, 0) is 36.8 Å². The molecule has 0 radical (unpaired) electrons. The summed E-state index contributed by atoms with van der Waals surface area (Å²) in [5, 5.41) is 2.84. The molecule has 3 rings (SSSR count). The fourth-order valence-electron chi connectivity index (χ4n) is 2.83. The van der Waals surface area contributed by atoms with Gasteiger partial charge in [-0.15, -0.1) is 0 Å². The van der Waals surface area contributed by atoms with Crippen LogP contribution in [-0.4, -0.2) is 20.8 Å². The highest BCUT2D eigenvalue weighted by molar-refractivity contribution is 5.99. The van der Waals surface area contributed by atoms with Gasteiger partial charge in [-0.25, -0.2) is 4.79 Å². The van der Waals surface area contributed by atoms with Gasteiger partial charge in [-0.2, -0.15) is 0 Å². The van der Waals surface area contributed by atoms with Crippen LogP contribution in [0.4, 0.5) is 0 Å².